The van der Waals surface area contributed by atoms with Gasteiger partial charge in [0.1, 0.15) is 17.2 Å². The lowest BCUT2D eigenvalue weighted by molar-refractivity contribution is -0.137. The molecule has 1 aliphatic rings. The summed E-state index contributed by atoms with van der Waals surface area (Å²) in [6.45, 7) is 1.62. The Labute approximate surface area is 174 Å². The Balaban J connectivity index is 0.00000112. The summed E-state index contributed by atoms with van der Waals surface area (Å²) >= 11 is 0. The third kappa shape index (κ3) is 4.07. The first-order chi connectivity index (χ1) is 15.0. The predicted molar refractivity (Wildman–Crippen MR) is 108 cm³/mol. The minimum Gasteiger partial charge on any atom is -0.356 e. The first-order valence-corrected chi connectivity index (χ1v) is 9.44. The van der Waals surface area contributed by atoms with E-state index in [9.17, 15) is 13.2 Å². The van der Waals surface area contributed by atoms with Gasteiger partial charge in [-0.15, -0.1) is 0 Å². The lowest BCUT2D eigenvalue weighted by Gasteiger charge is -2.17. The number of nitrogens with zero attached hydrogens (tertiary/aromatic N) is 6. The van der Waals surface area contributed by atoms with Gasteiger partial charge in [0.05, 0.1) is 18.0 Å². The van der Waals surface area contributed by atoms with Crippen LogP contribution >= 0.6 is 0 Å². The summed E-state index contributed by atoms with van der Waals surface area (Å²) in [6, 6.07) is 4.17. The van der Waals surface area contributed by atoms with Crippen LogP contribution in [0.2, 0.25) is 0 Å². The molecule has 9 nitrogen and oxygen atoms in total. The third-order valence-electron chi connectivity index (χ3n) is 5.21. The zero-order valence-corrected chi connectivity index (χ0v) is 16.3. The van der Waals surface area contributed by atoms with Crippen molar-refractivity contribution in [3.63, 3.8) is 0 Å². The van der Waals surface area contributed by atoms with E-state index in [1.54, 1.807) is 6.20 Å². The first kappa shape index (κ1) is 20.8. The molecule has 0 aliphatic carbocycles. The van der Waals surface area contributed by atoms with Crippen LogP contribution in [0, 0.1) is 0 Å². The summed E-state index contributed by atoms with van der Waals surface area (Å²) in [4.78, 5) is 15.2. The molecule has 0 amide bonds. The quantitative estimate of drug-likeness (QED) is 0.336. The summed E-state index contributed by atoms with van der Waals surface area (Å²) in [5, 5.41) is 6.84. The van der Waals surface area contributed by atoms with E-state index < -0.39 is 11.7 Å². The van der Waals surface area contributed by atoms with E-state index in [-0.39, 0.29) is 0 Å². The van der Waals surface area contributed by atoms with E-state index in [2.05, 4.69) is 41.7 Å². The number of aromatic amines is 1. The molecule has 5 N–H and O–H groups in total. The number of halogens is 3. The van der Waals surface area contributed by atoms with Gasteiger partial charge in [0, 0.05) is 37.6 Å². The van der Waals surface area contributed by atoms with Crippen molar-refractivity contribution >= 4 is 11.5 Å². The summed E-state index contributed by atoms with van der Waals surface area (Å²) in [5.41, 5.74) is 1.23. The van der Waals surface area contributed by atoms with Crippen LogP contribution in [0.4, 0.5) is 19.0 Å². The van der Waals surface area contributed by atoms with Gasteiger partial charge in [-0.2, -0.15) is 18.3 Å². The smallest absolute Gasteiger partial charge is 0.356 e. The Morgan fingerprint density at radius 3 is 2.68 bits per heavy atom. The van der Waals surface area contributed by atoms with Crippen LogP contribution in [0.1, 0.15) is 23.5 Å². The molecular weight excluding hydrogens is 411 g/mol. The van der Waals surface area contributed by atoms with Crippen molar-refractivity contribution in [2.75, 3.05) is 18.0 Å². The van der Waals surface area contributed by atoms with E-state index in [1.165, 1.54) is 16.7 Å². The number of hydrogen-bond acceptors (Lipinski definition) is 7. The van der Waals surface area contributed by atoms with Crippen molar-refractivity contribution < 1.29 is 13.2 Å². The fraction of sp³-hybridized carbons (Fsp3) is 0.263. The Hall–Kier alpha value is -3.51. The molecule has 4 aromatic heterocycles. The van der Waals surface area contributed by atoms with Gasteiger partial charge in [0.2, 0.25) is 0 Å². The fourth-order valence-corrected chi connectivity index (χ4v) is 3.69. The molecule has 12 heteroatoms. The van der Waals surface area contributed by atoms with Crippen molar-refractivity contribution in [2.45, 2.75) is 18.5 Å². The Morgan fingerprint density at radius 2 is 1.94 bits per heavy atom. The van der Waals surface area contributed by atoms with Crippen LogP contribution in [0.25, 0.3) is 17.2 Å². The zero-order valence-electron chi connectivity index (χ0n) is 16.3. The van der Waals surface area contributed by atoms with Crippen molar-refractivity contribution in [1.82, 2.24) is 29.5 Å². The van der Waals surface area contributed by atoms with Crippen LogP contribution in [0.15, 0.2) is 49.2 Å². The number of pyridine rings is 1. The van der Waals surface area contributed by atoms with Crippen LogP contribution in [-0.2, 0) is 6.18 Å². The van der Waals surface area contributed by atoms with Crippen molar-refractivity contribution in [2.24, 2.45) is 11.7 Å². The highest BCUT2D eigenvalue weighted by molar-refractivity contribution is 5.59. The molecule has 0 aromatic carbocycles. The number of aromatic nitrogens is 6. The van der Waals surface area contributed by atoms with Crippen molar-refractivity contribution in [3.8, 4) is 11.5 Å². The van der Waals surface area contributed by atoms with Gasteiger partial charge in [0.15, 0.2) is 5.82 Å². The molecular formula is C19H20F3N9. The van der Waals surface area contributed by atoms with E-state index in [0.717, 1.165) is 43.2 Å². The number of hydrogen-bond donors (Lipinski definition) is 3. The monoisotopic (exact) mass is 431 g/mol. The molecule has 1 aliphatic heterocycles. The van der Waals surface area contributed by atoms with E-state index in [1.807, 2.05) is 18.5 Å². The Morgan fingerprint density at radius 1 is 1.10 bits per heavy atom. The summed E-state index contributed by atoms with van der Waals surface area (Å²) < 4.78 is 40.7. The van der Waals surface area contributed by atoms with E-state index in [0.29, 0.717) is 23.1 Å². The Bertz CT molecular complexity index is 1150. The highest BCUT2D eigenvalue weighted by atomic mass is 19.4. The third-order valence-corrected chi connectivity index (χ3v) is 5.21. The number of H-pyrrole nitrogens is 1. The van der Waals surface area contributed by atoms with Gasteiger partial charge >= 0.3 is 6.18 Å². The average Bonchev–Trinajstić information content (AvgIpc) is 3.54. The fourth-order valence-electron chi connectivity index (χ4n) is 3.69. The number of nitrogens with two attached hydrogens (primary N) is 2. The predicted octanol–water partition coefficient (Wildman–Crippen LogP) is 2.35. The lowest BCUT2D eigenvalue weighted by Crippen LogP contribution is -2.20. The number of hydrazine groups is 1. The van der Waals surface area contributed by atoms with Gasteiger partial charge in [-0.25, -0.2) is 15.0 Å². The van der Waals surface area contributed by atoms with Gasteiger partial charge in [-0.3, -0.25) is 21.2 Å². The van der Waals surface area contributed by atoms with E-state index >= 15 is 0 Å². The zero-order chi connectivity index (χ0) is 22.0. The van der Waals surface area contributed by atoms with Gasteiger partial charge < -0.3 is 4.90 Å². The van der Waals surface area contributed by atoms with Crippen LogP contribution in [0.3, 0.4) is 0 Å². The largest absolute Gasteiger partial charge is 0.417 e. The molecule has 1 atom stereocenters. The molecule has 31 heavy (non-hydrogen) atoms. The molecule has 0 bridgehead atoms. The van der Waals surface area contributed by atoms with Crippen LogP contribution < -0.4 is 16.6 Å². The highest BCUT2D eigenvalue weighted by Crippen LogP contribution is 2.32. The van der Waals surface area contributed by atoms with Crippen molar-refractivity contribution in [3.05, 3.63) is 60.3 Å². The normalized spacial score (nSPS) is 16.4. The molecule has 0 saturated carbocycles. The summed E-state index contributed by atoms with van der Waals surface area (Å²) in [6.07, 6.45) is 4.41. The van der Waals surface area contributed by atoms with Gasteiger partial charge in [-0.05, 0) is 30.2 Å². The molecule has 0 radical (unpaired) electrons. The standard InChI is InChI=1S/C19H16F3N7.H4N2/c20-19(21,22)14-1-2-16-24-9-15(29(16)11-14)18-23-5-3-17(27-18)28-6-4-12(10-28)13-7-25-26-8-13;1-2/h1-3,5,7-9,11-12H,4,6,10H2,(H,25,26);1-2H2. The van der Waals surface area contributed by atoms with E-state index in [4.69, 9.17) is 0 Å². The molecule has 4 aromatic rings. The maximum atomic E-state index is 13.1. The number of anilines is 1. The van der Waals surface area contributed by atoms with Gasteiger partial charge in [-0.1, -0.05) is 0 Å². The lowest BCUT2D eigenvalue weighted by atomic mass is 10.0. The minimum absolute atomic E-state index is 0.334. The molecule has 1 unspecified atom stereocenters. The number of alkyl halides is 3. The second-order valence-electron chi connectivity index (χ2n) is 6.99. The molecule has 1 fully saturated rings. The number of nitrogens with one attached hydrogen (secondary N) is 1. The number of fused-ring (bicyclic) bond motifs is 1. The first-order valence-electron chi connectivity index (χ1n) is 9.44. The number of rotatable bonds is 3. The second kappa shape index (κ2) is 8.32. The van der Waals surface area contributed by atoms with Gasteiger partial charge in [0.25, 0.3) is 0 Å². The molecule has 162 valence electrons. The minimum atomic E-state index is -4.43. The topological polar surface area (TPSA) is 127 Å². The van der Waals surface area contributed by atoms with Crippen molar-refractivity contribution in [1.29, 1.82) is 0 Å². The SMILES string of the molecule is FC(F)(F)c1ccc2ncc(-c3nccc(N4CCC(c5cn[nH]c5)C4)n3)n2c1.NN. The summed E-state index contributed by atoms with van der Waals surface area (Å²) in [7, 11) is 0. The summed E-state index contributed by atoms with van der Waals surface area (Å²) in [5.74, 6) is 9.43. The van der Waals surface area contributed by atoms with Crippen LogP contribution in [-0.4, -0.2) is 42.6 Å². The average molecular weight is 431 g/mol. The molecule has 0 spiro atoms. The Kier molecular flexibility index (Phi) is 5.57. The van der Waals surface area contributed by atoms with Crippen LogP contribution in [0.5, 0.6) is 0 Å². The maximum absolute atomic E-state index is 13.1. The second-order valence-corrected chi connectivity index (χ2v) is 6.99. The highest BCUT2D eigenvalue weighted by Gasteiger charge is 2.31. The maximum Gasteiger partial charge on any atom is 0.417 e. The number of imidazole rings is 1. The molecule has 1 saturated heterocycles. The molecule has 5 rings (SSSR count). The molecule has 5 heterocycles.